The van der Waals surface area contributed by atoms with E-state index < -0.39 is 31.8 Å². The van der Waals surface area contributed by atoms with Gasteiger partial charge in [-0.1, -0.05) is 18.2 Å². The molecule has 0 bridgehead atoms. The molecule has 0 radical (unpaired) electrons. The standard InChI is InChI=1S/C19H22N2O6S2/c1-21(15-10-11-28(23,24)13-15)19(22)14-6-5-7-16(12-14)29(25,26)20-17-8-3-4-9-18(17)27-2/h3-9,12,15,20H,10-11,13H2,1-2H3/t15-/m1/s1. The number of nitrogens with zero attached hydrogens (tertiary/aromatic N) is 1. The van der Waals surface area contributed by atoms with Gasteiger partial charge < -0.3 is 9.64 Å². The zero-order valence-electron chi connectivity index (χ0n) is 16.0. The number of rotatable bonds is 6. The summed E-state index contributed by atoms with van der Waals surface area (Å²) >= 11 is 0. The Morgan fingerprint density at radius 3 is 2.55 bits per heavy atom. The maximum atomic E-state index is 12.8. The Hall–Kier alpha value is -2.59. The van der Waals surface area contributed by atoms with E-state index in [2.05, 4.69) is 4.72 Å². The number of nitrogens with one attached hydrogen (secondary N) is 1. The molecule has 2 aromatic carbocycles. The molecular formula is C19H22N2O6S2. The number of sulfone groups is 1. The topological polar surface area (TPSA) is 110 Å². The molecule has 0 saturated carbocycles. The number of ether oxygens (including phenoxy) is 1. The third-order valence-electron chi connectivity index (χ3n) is 4.82. The van der Waals surface area contributed by atoms with Crippen molar-refractivity contribution in [3.05, 3.63) is 54.1 Å². The second-order valence-electron chi connectivity index (χ2n) is 6.81. The van der Waals surface area contributed by atoms with Crippen LogP contribution in [-0.2, 0) is 19.9 Å². The fourth-order valence-electron chi connectivity index (χ4n) is 3.18. The Kier molecular flexibility index (Phi) is 5.85. The highest BCUT2D eigenvalue weighted by molar-refractivity contribution is 7.92. The molecule has 29 heavy (non-hydrogen) atoms. The first-order valence-corrected chi connectivity index (χ1v) is 12.2. The molecule has 8 nitrogen and oxygen atoms in total. The van der Waals surface area contributed by atoms with Crippen LogP contribution in [0.2, 0.25) is 0 Å². The average Bonchev–Trinajstić information content (AvgIpc) is 3.07. The highest BCUT2D eigenvalue weighted by Crippen LogP contribution is 2.26. The number of sulfonamides is 1. The van der Waals surface area contributed by atoms with Gasteiger partial charge in [-0.05, 0) is 36.8 Å². The Morgan fingerprint density at radius 2 is 1.90 bits per heavy atom. The normalized spacial score (nSPS) is 18.2. The van der Waals surface area contributed by atoms with Gasteiger partial charge in [-0.25, -0.2) is 16.8 Å². The lowest BCUT2D eigenvalue weighted by Gasteiger charge is -2.23. The summed E-state index contributed by atoms with van der Waals surface area (Å²) in [7, 11) is -4.14. The fourth-order valence-corrected chi connectivity index (χ4v) is 6.07. The number of hydrogen-bond acceptors (Lipinski definition) is 6. The van der Waals surface area contributed by atoms with Crippen molar-refractivity contribution in [1.29, 1.82) is 0 Å². The van der Waals surface area contributed by atoms with E-state index in [1.54, 1.807) is 24.3 Å². The first kappa shape index (κ1) is 21.1. The Labute approximate surface area is 170 Å². The van der Waals surface area contributed by atoms with E-state index in [0.29, 0.717) is 12.2 Å². The molecule has 1 saturated heterocycles. The Balaban J connectivity index is 1.84. The van der Waals surface area contributed by atoms with Crippen LogP contribution < -0.4 is 9.46 Å². The third kappa shape index (κ3) is 4.70. The molecule has 1 fully saturated rings. The third-order valence-corrected chi connectivity index (χ3v) is 7.93. The molecule has 2 aromatic rings. The largest absolute Gasteiger partial charge is 0.495 e. The first-order valence-electron chi connectivity index (χ1n) is 8.86. The van der Waals surface area contributed by atoms with Crippen LogP contribution in [0.4, 0.5) is 5.69 Å². The number of methoxy groups -OCH3 is 1. The predicted octanol–water partition coefficient (Wildman–Crippen LogP) is 1.76. The van der Waals surface area contributed by atoms with E-state index in [4.69, 9.17) is 4.74 Å². The van der Waals surface area contributed by atoms with Gasteiger partial charge in [0.05, 0.1) is 29.2 Å². The van der Waals surface area contributed by atoms with Gasteiger partial charge >= 0.3 is 0 Å². The molecule has 0 aliphatic carbocycles. The van der Waals surface area contributed by atoms with Gasteiger partial charge in [-0.15, -0.1) is 0 Å². The SMILES string of the molecule is COc1ccccc1NS(=O)(=O)c1cccc(C(=O)N(C)[C@@H]2CCS(=O)(=O)C2)c1. The molecular weight excluding hydrogens is 416 g/mol. The van der Waals surface area contributed by atoms with Gasteiger partial charge in [0.15, 0.2) is 9.84 Å². The highest BCUT2D eigenvalue weighted by Gasteiger charge is 2.33. The second-order valence-corrected chi connectivity index (χ2v) is 10.7. The van der Waals surface area contributed by atoms with Gasteiger partial charge in [-0.2, -0.15) is 0 Å². The van der Waals surface area contributed by atoms with Crippen molar-refractivity contribution in [3.8, 4) is 5.75 Å². The van der Waals surface area contributed by atoms with Crippen LogP contribution >= 0.6 is 0 Å². The maximum absolute atomic E-state index is 12.8. The summed E-state index contributed by atoms with van der Waals surface area (Å²) in [5, 5.41) is 0. The van der Waals surface area contributed by atoms with Gasteiger partial charge in [0.2, 0.25) is 0 Å². The van der Waals surface area contributed by atoms with E-state index in [1.807, 2.05) is 0 Å². The van der Waals surface area contributed by atoms with E-state index in [0.717, 1.165) is 0 Å². The van der Waals surface area contributed by atoms with Crippen molar-refractivity contribution in [3.63, 3.8) is 0 Å². The average molecular weight is 439 g/mol. The summed E-state index contributed by atoms with van der Waals surface area (Å²) in [6, 6.07) is 11.8. The second kappa shape index (κ2) is 8.03. The lowest BCUT2D eigenvalue weighted by molar-refractivity contribution is 0.0747. The summed E-state index contributed by atoms with van der Waals surface area (Å²) in [5.74, 6) is -0.0957. The van der Waals surface area contributed by atoms with Crippen molar-refractivity contribution in [1.82, 2.24) is 4.90 Å². The molecule has 1 amide bonds. The molecule has 3 rings (SSSR count). The van der Waals surface area contributed by atoms with Crippen LogP contribution in [0.25, 0.3) is 0 Å². The zero-order chi connectivity index (χ0) is 21.2. The van der Waals surface area contributed by atoms with Gasteiger partial charge in [0, 0.05) is 18.7 Å². The molecule has 156 valence electrons. The molecule has 1 atom stereocenters. The molecule has 0 aromatic heterocycles. The minimum Gasteiger partial charge on any atom is -0.495 e. The summed E-state index contributed by atoms with van der Waals surface area (Å²) in [6.07, 6.45) is 0.373. The van der Waals surface area contributed by atoms with Gasteiger partial charge in [-0.3, -0.25) is 9.52 Å². The molecule has 1 aliphatic heterocycles. The maximum Gasteiger partial charge on any atom is 0.262 e. The van der Waals surface area contributed by atoms with Crippen LogP contribution in [-0.4, -0.2) is 59.3 Å². The molecule has 10 heteroatoms. The summed E-state index contributed by atoms with van der Waals surface area (Å²) in [4.78, 5) is 14.1. The van der Waals surface area contributed by atoms with Crippen molar-refractivity contribution in [2.75, 3.05) is 30.4 Å². The number of benzene rings is 2. The van der Waals surface area contributed by atoms with Crippen LogP contribution in [0.1, 0.15) is 16.8 Å². The molecule has 0 spiro atoms. The van der Waals surface area contributed by atoms with Gasteiger partial charge in [0.1, 0.15) is 5.75 Å². The van der Waals surface area contributed by atoms with E-state index >= 15 is 0 Å². The fraction of sp³-hybridized carbons (Fsp3) is 0.316. The van der Waals surface area contributed by atoms with E-state index in [9.17, 15) is 21.6 Å². The predicted molar refractivity (Wildman–Crippen MR) is 109 cm³/mol. The lowest BCUT2D eigenvalue weighted by Crippen LogP contribution is -2.37. The van der Waals surface area contributed by atoms with Gasteiger partial charge in [0.25, 0.3) is 15.9 Å². The minimum atomic E-state index is -3.96. The van der Waals surface area contributed by atoms with Crippen LogP contribution in [0.3, 0.4) is 0 Å². The first-order chi connectivity index (χ1) is 13.6. The van der Waals surface area contributed by atoms with E-state index in [-0.39, 0.29) is 27.7 Å². The monoisotopic (exact) mass is 438 g/mol. The Bertz CT molecular complexity index is 1130. The quantitative estimate of drug-likeness (QED) is 0.736. The number of amides is 1. The number of carbonyl (C=O) groups is 1. The number of anilines is 1. The van der Waals surface area contributed by atoms with Crippen molar-refractivity contribution in [2.45, 2.75) is 17.4 Å². The van der Waals surface area contributed by atoms with Crippen molar-refractivity contribution in [2.24, 2.45) is 0 Å². The summed E-state index contributed by atoms with van der Waals surface area (Å²) in [5.41, 5.74) is 0.444. The van der Waals surface area contributed by atoms with Crippen LogP contribution in [0.15, 0.2) is 53.4 Å². The molecule has 1 N–H and O–H groups in total. The van der Waals surface area contributed by atoms with Crippen molar-refractivity contribution >= 4 is 31.5 Å². The lowest BCUT2D eigenvalue weighted by atomic mass is 10.1. The number of carbonyl (C=O) groups excluding carboxylic acids is 1. The number of para-hydroxylation sites is 2. The zero-order valence-corrected chi connectivity index (χ0v) is 17.7. The molecule has 0 unspecified atom stereocenters. The van der Waals surface area contributed by atoms with Crippen LogP contribution in [0, 0.1) is 0 Å². The molecule has 1 aliphatic rings. The highest BCUT2D eigenvalue weighted by atomic mass is 32.2. The summed E-state index contributed by atoms with van der Waals surface area (Å²) < 4.78 is 56.5. The van der Waals surface area contributed by atoms with Crippen LogP contribution in [0.5, 0.6) is 5.75 Å². The van der Waals surface area contributed by atoms with Crippen molar-refractivity contribution < 1.29 is 26.4 Å². The van der Waals surface area contributed by atoms with E-state index in [1.165, 1.54) is 43.3 Å². The minimum absolute atomic E-state index is 0.0481. The smallest absolute Gasteiger partial charge is 0.262 e. The summed E-state index contributed by atoms with van der Waals surface area (Å²) in [6.45, 7) is 0. The number of hydrogen-bond donors (Lipinski definition) is 1. The molecule has 1 heterocycles. The Morgan fingerprint density at radius 1 is 1.17 bits per heavy atom.